The maximum Gasteiger partial charge on any atom is 0.359 e. The van der Waals surface area contributed by atoms with Crippen molar-refractivity contribution in [3.05, 3.63) is 104 Å². The Kier molecular flexibility index (Phi) is 6.72. The fraction of sp³-hybridized carbons (Fsp3) is 0.0833. The SMILES string of the molecule is O=C(COC(=O)c1nn(Cc2ccccc2)c(=O)c2ccccc12)Nc1ccc(Cl)cc1Cl. The van der Waals surface area contributed by atoms with Gasteiger partial charge in [-0.15, -0.1) is 0 Å². The second kappa shape index (κ2) is 9.85. The first-order valence-corrected chi connectivity index (χ1v) is 10.6. The maximum absolute atomic E-state index is 12.9. The fourth-order valence-electron chi connectivity index (χ4n) is 3.23. The minimum absolute atomic E-state index is 0.0570. The number of carbonyl (C=O) groups excluding carboxylic acids is 2. The summed E-state index contributed by atoms with van der Waals surface area (Å²) >= 11 is 11.9. The minimum atomic E-state index is -0.828. The first kappa shape index (κ1) is 22.5. The van der Waals surface area contributed by atoms with E-state index in [0.29, 0.717) is 21.5 Å². The molecule has 0 saturated carbocycles. The van der Waals surface area contributed by atoms with Crippen LogP contribution in [-0.2, 0) is 16.1 Å². The highest BCUT2D eigenvalue weighted by Gasteiger charge is 2.19. The van der Waals surface area contributed by atoms with Gasteiger partial charge in [0.15, 0.2) is 12.3 Å². The van der Waals surface area contributed by atoms with E-state index in [4.69, 9.17) is 27.9 Å². The van der Waals surface area contributed by atoms with E-state index in [1.165, 1.54) is 10.7 Å². The Labute approximate surface area is 198 Å². The van der Waals surface area contributed by atoms with Crippen molar-refractivity contribution >= 4 is 51.5 Å². The van der Waals surface area contributed by atoms with Crippen LogP contribution in [0.15, 0.2) is 77.6 Å². The topological polar surface area (TPSA) is 90.3 Å². The summed E-state index contributed by atoms with van der Waals surface area (Å²) in [6.45, 7) is -0.383. The quantitative estimate of drug-likeness (QED) is 0.408. The standard InChI is InChI=1S/C24H17Cl2N3O4/c25-16-10-11-20(19(26)12-16)27-21(30)14-33-24(32)22-17-8-4-5-9-18(17)23(31)29(28-22)13-15-6-2-1-3-7-15/h1-12H,13-14H2,(H,27,30). The van der Waals surface area contributed by atoms with Crippen molar-refractivity contribution in [2.24, 2.45) is 0 Å². The molecule has 0 spiro atoms. The van der Waals surface area contributed by atoms with E-state index in [0.717, 1.165) is 5.56 Å². The molecule has 9 heteroatoms. The Morgan fingerprint density at radius 3 is 2.36 bits per heavy atom. The molecule has 1 heterocycles. The van der Waals surface area contributed by atoms with Crippen LogP contribution in [0.25, 0.3) is 10.8 Å². The first-order chi connectivity index (χ1) is 15.9. The van der Waals surface area contributed by atoms with Crippen LogP contribution in [0.5, 0.6) is 0 Å². The molecule has 0 unspecified atom stereocenters. The number of nitrogens with zero attached hydrogens (tertiary/aromatic N) is 2. The summed E-state index contributed by atoms with van der Waals surface area (Å²) in [5, 5.41) is 8.14. The van der Waals surface area contributed by atoms with E-state index in [1.807, 2.05) is 30.3 Å². The first-order valence-electron chi connectivity index (χ1n) is 9.88. The van der Waals surface area contributed by atoms with Gasteiger partial charge in [-0.25, -0.2) is 9.48 Å². The predicted molar refractivity (Wildman–Crippen MR) is 127 cm³/mol. The molecule has 0 atom stereocenters. The monoisotopic (exact) mass is 481 g/mol. The highest BCUT2D eigenvalue weighted by atomic mass is 35.5. The second-order valence-corrected chi connectivity index (χ2v) is 7.93. The molecule has 1 aromatic heterocycles. The van der Waals surface area contributed by atoms with Crippen LogP contribution in [0.4, 0.5) is 5.69 Å². The van der Waals surface area contributed by atoms with Crippen LogP contribution >= 0.6 is 23.2 Å². The molecular weight excluding hydrogens is 465 g/mol. The summed E-state index contributed by atoms with van der Waals surface area (Å²) < 4.78 is 6.39. The molecule has 0 saturated heterocycles. The lowest BCUT2D eigenvalue weighted by Crippen LogP contribution is -2.28. The number of esters is 1. The van der Waals surface area contributed by atoms with Crippen molar-refractivity contribution in [1.29, 1.82) is 0 Å². The van der Waals surface area contributed by atoms with Crippen molar-refractivity contribution in [2.45, 2.75) is 6.54 Å². The smallest absolute Gasteiger partial charge is 0.359 e. The number of anilines is 1. The van der Waals surface area contributed by atoms with Gasteiger partial charge in [-0.1, -0.05) is 71.7 Å². The zero-order valence-electron chi connectivity index (χ0n) is 17.1. The Balaban J connectivity index is 1.56. The molecule has 166 valence electrons. The molecule has 3 aromatic carbocycles. The Morgan fingerprint density at radius 2 is 1.64 bits per heavy atom. The Hall–Kier alpha value is -3.68. The minimum Gasteiger partial charge on any atom is -0.451 e. The Morgan fingerprint density at radius 1 is 0.939 bits per heavy atom. The molecular formula is C24H17Cl2N3O4. The van der Waals surface area contributed by atoms with Gasteiger partial charge in [-0.2, -0.15) is 5.10 Å². The molecule has 0 aliphatic rings. The lowest BCUT2D eigenvalue weighted by atomic mass is 10.1. The number of benzene rings is 3. The largest absolute Gasteiger partial charge is 0.451 e. The highest BCUT2D eigenvalue weighted by molar-refractivity contribution is 6.36. The summed E-state index contributed by atoms with van der Waals surface area (Å²) in [5.41, 5.74) is 0.794. The molecule has 0 fully saturated rings. The van der Waals surface area contributed by atoms with Crippen molar-refractivity contribution < 1.29 is 14.3 Å². The maximum atomic E-state index is 12.9. The normalized spacial score (nSPS) is 10.7. The van der Waals surface area contributed by atoms with Crippen LogP contribution in [0, 0.1) is 0 Å². The summed E-state index contributed by atoms with van der Waals surface area (Å²) in [4.78, 5) is 38.0. The summed E-state index contributed by atoms with van der Waals surface area (Å²) in [6.07, 6.45) is 0. The van der Waals surface area contributed by atoms with Crippen LogP contribution in [0.2, 0.25) is 10.0 Å². The molecule has 0 aliphatic heterocycles. The zero-order valence-corrected chi connectivity index (χ0v) is 18.6. The van der Waals surface area contributed by atoms with Crippen molar-refractivity contribution in [2.75, 3.05) is 11.9 Å². The molecule has 1 N–H and O–H groups in total. The van der Waals surface area contributed by atoms with E-state index >= 15 is 0 Å². The lowest BCUT2D eigenvalue weighted by molar-refractivity contribution is -0.119. The van der Waals surface area contributed by atoms with Gasteiger partial charge in [-0.05, 0) is 29.8 Å². The number of aromatic nitrogens is 2. The number of halogens is 2. The molecule has 4 aromatic rings. The number of hydrogen-bond donors (Lipinski definition) is 1. The predicted octanol–water partition coefficient (Wildman–Crippen LogP) is 4.55. The number of amides is 1. The number of fused-ring (bicyclic) bond motifs is 1. The van der Waals surface area contributed by atoms with Gasteiger partial charge in [0.05, 0.1) is 22.6 Å². The summed E-state index contributed by atoms with van der Waals surface area (Å²) in [5.74, 6) is -1.42. The van der Waals surface area contributed by atoms with Crippen LogP contribution in [0.1, 0.15) is 16.1 Å². The van der Waals surface area contributed by atoms with Crippen LogP contribution in [-0.4, -0.2) is 28.3 Å². The fourth-order valence-corrected chi connectivity index (χ4v) is 3.68. The van der Waals surface area contributed by atoms with E-state index in [9.17, 15) is 14.4 Å². The van der Waals surface area contributed by atoms with Gasteiger partial charge in [0.2, 0.25) is 0 Å². The second-order valence-electron chi connectivity index (χ2n) is 7.09. The summed E-state index contributed by atoms with van der Waals surface area (Å²) in [7, 11) is 0. The van der Waals surface area contributed by atoms with Crippen molar-refractivity contribution in [3.8, 4) is 0 Å². The third kappa shape index (κ3) is 5.22. The van der Waals surface area contributed by atoms with E-state index < -0.39 is 18.5 Å². The number of nitrogens with one attached hydrogen (secondary N) is 1. The molecule has 4 rings (SSSR count). The lowest BCUT2D eigenvalue weighted by Gasteiger charge is -2.11. The number of carbonyl (C=O) groups is 2. The molecule has 1 amide bonds. The van der Waals surface area contributed by atoms with E-state index in [-0.39, 0.29) is 22.8 Å². The number of ether oxygens (including phenoxy) is 1. The van der Waals surface area contributed by atoms with Crippen LogP contribution < -0.4 is 10.9 Å². The number of hydrogen-bond acceptors (Lipinski definition) is 5. The van der Waals surface area contributed by atoms with E-state index in [1.54, 1.807) is 36.4 Å². The van der Waals surface area contributed by atoms with Crippen molar-refractivity contribution in [1.82, 2.24) is 9.78 Å². The Bertz CT molecular complexity index is 1400. The number of rotatable bonds is 6. The third-order valence-electron chi connectivity index (χ3n) is 4.78. The van der Waals surface area contributed by atoms with Gasteiger partial charge in [0, 0.05) is 10.4 Å². The van der Waals surface area contributed by atoms with Gasteiger partial charge >= 0.3 is 5.97 Å². The van der Waals surface area contributed by atoms with Gasteiger partial charge < -0.3 is 10.1 Å². The van der Waals surface area contributed by atoms with Gasteiger partial charge in [-0.3, -0.25) is 9.59 Å². The average Bonchev–Trinajstić information content (AvgIpc) is 2.82. The molecule has 0 aliphatic carbocycles. The van der Waals surface area contributed by atoms with Gasteiger partial charge in [0.1, 0.15) is 0 Å². The summed E-state index contributed by atoms with van der Waals surface area (Å²) in [6, 6.07) is 20.5. The van der Waals surface area contributed by atoms with Crippen LogP contribution in [0.3, 0.4) is 0 Å². The van der Waals surface area contributed by atoms with Crippen molar-refractivity contribution in [3.63, 3.8) is 0 Å². The molecule has 33 heavy (non-hydrogen) atoms. The average molecular weight is 482 g/mol. The third-order valence-corrected chi connectivity index (χ3v) is 5.32. The molecule has 0 radical (unpaired) electrons. The highest BCUT2D eigenvalue weighted by Crippen LogP contribution is 2.25. The zero-order chi connectivity index (χ0) is 23.4. The van der Waals surface area contributed by atoms with E-state index in [2.05, 4.69) is 10.4 Å². The molecule has 7 nitrogen and oxygen atoms in total. The van der Waals surface area contributed by atoms with Gasteiger partial charge in [0.25, 0.3) is 11.5 Å². The molecule has 0 bridgehead atoms.